The van der Waals surface area contributed by atoms with Crippen molar-refractivity contribution in [3.05, 3.63) is 27.7 Å². The number of hydrogen-bond acceptors (Lipinski definition) is 8. The summed E-state index contributed by atoms with van der Waals surface area (Å²) in [5, 5.41) is 15.2. The van der Waals surface area contributed by atoms with Gasteiger partial charge in [-0.05, 0) is 36.0 Å². The molecule has 25 heavy (non-hydrogen) atoms. The van der Waals surface area contributed by atoms with Gasteiger partial charge >= 0.3 is 6.03 Å². The minimum Gasteiger partial charge on any atom is -0.454 e. The molecule has 0 aliphatic carbocycles. The number of carbonyl (C=O) groups excluding carboxylic acids is 2. The molecule has 4 N–H and O–H groups in total. The molecule has 1 aromatic heterocycles. The number of nitrogens with zero attached hydrogens (tertiary/aromatic N) is 2. The fourth-order valence-electron chi connectivity index (χ4n) is 1.80. The van der Waals surface area contributed by atoms with Gasteiger partial charge in [0, 0.05) is 0 Å². The molecule has 10 nitrogen and oxygen atoms in total. The maximum absolute atomic E-state index is 11.6. The second-order valence-electron chi connectivity index (χ2n) is 4.63. The second-order valence-corrected chi connectivity index (χ2v) is 6.30. The number of carbonyl (C=O) groups is 2. The summed E-state index contributed by atoms with van der Waals surface area (Å²) in [6.07, 6.45) is 1.45. The van der Waals surface area contributed by atoms with Crippen LogP contribution in [-0.2, 0) is 4.79 Å². The van der Waals surface area contributed by atoms with Crippen molar-refractivity contribution in [2.75, 3.05) is 18.7 Å². The Labute approximate surface area is 150 Å². The predicted molar refractivity (Wildman–Crippen MR) is 92.6 cm³/mol. The monoisotopic (exact) mass is 380 g/mol. The van der Waals surface area contributed by atoms with Gasteiger partial charge in [-0.3, -0.25) is 15.2 Å². The first-order chi connectivity index (χ1) is 12.1. The summed E-state index contributed by atoms with van der Waals surface area (Å²) >= 11 is 5.94. The molecular weight excluding hydrogens is 368 g/mol. The maximum atomic E-state index is 11.6. The largest absolute Gasteiger partial charge is 0.454 e. The highest BCUT2D eigenvalue weighted by atomic mass is 32.1. The van der Waals surface area contributed by atoms with Gasteiger partial charge in [0.25, 0.3) is 5.91 Å². The summed E-state index contributed by atoms with van der Waals surface area (Å²) in [6.45, 7) is -0.0622. The molecular formula is C13H12N6O4S2. The predicted octanol–water partition coefficient (Wildman–Crippen LogP) is 1.20. The van der Waals surface area contributed by atoms with Gasteiger partial charge in [-0.2, -0.15) is 5.10 Å². The van der Waals surface area contributed by atoms with Crippen LogP contribution in [0.15, 0.2) is 23.3 Å². The van der Waals surface area contributed by atoms with E-state index in [1.807, 2.05) is 0 Å². The molecule has 3 amide bonds. The molecule has 0 spiro atoms. The molecule has 2 heterocycles. The number of amides is 3. The first kappa shape index (κ1) is 16.9. The highest BCUT2D eigenvalue weighted by Gasteiger charge is 2.12. The molecule has 0 radical (unpaired) electrons. The van der Waals surface area contributed by atoms with Crippen LogP contribution in [0.2, 0.25) is 0 Å². The van der Waals surface area contributed by atoms with Crippen molar-refractivity contribution in [3.63, 3.8) is 0 Å². The van der Waals surface area contributed by atoms with Gasteiger partial charge in [-0.25, -0.2) is 10.2 Å². The number of H-pyrrole nitrogens is 1. The molecule has 2 aromatic rings. The minimum atomic E-state index is -0.576. The summed E-state index contributed by atoms with van der Waals surface area (Å²) in [5.74, 6) is 0.800. The van der Waals surface area contributed by atoms with Crippen molar-refractivity contribution < 1.29 is 19.1 Å². The second kappa shape index (κ2) is 7.72. The number of aromatic nitrogens is 2. The number of nitrogens with one attached hydrogen (secondary N) is 4. The summed E-state index contributed by atoms with van der Waals surface area (Å²) in [6, 6.07) is 4.68. The van der Waals surface area contributed by atoms with Crippen molar-refractivity contribution >= 4 is 46.8 Å². The summed E-state index contributed by atoms with van der Waals surface area (Å²) in [7, 11) is 0. The quantitative estimate of drug-likeness (QED) is 0.350. The molecule has 0 saturated carbocycles. The Balaban J connectivity index is 1.41. The lowest BCUT2D eigenvalue weighted by Gasteiger charge is -2.03. The lowest BCUT2D eigenvalue weighted by Crippen LogP contribution is -2.37. The molecule has 0 bridgehead atoms. The van der Waals surface area contributed by atoms with E-state index in [9.17, 15) is 9.59 Å². The summed E-state index contributed by atoms with van der Waals surface area (Å²) in [5.41, 5.74) is 3.03. The van der Waals surface area contributed by atoms with Gasteiger partial charge < -0.3 is 14.8 Å². The van der Waals surface area contributed by atoms with E-state index in [2.05, 4.69) is 31.4 Å². The molecule has 0 saturated heterocycles. The van der Waals surface area contributed by atoms with E-state index in [4.69, 9.17) is 21.7 Å². The number of benzene rings is 1. The zero-order chi connectivity index (χ0) is 17.6. The van der Waals surface area contributed by atoms with Crippen LogP contribution in [0.3, 0.4) is 0 Å². The standard InChI is InChI=1S/C13H12N6O4S2/c20-10(5-14-11(21)16-12-18-19-13(24)25-12)17-15-4-7-1-2-8-9(3-7)23-6-22-8/h1-4H,5-6H2,(H,17,20)(H,19,24)(H2,14,16,18,21). The van der Waals surface area contributed by atoms with Crippen LogP contribution in [0.4, 0.5) is 9.93 Å². The lowest BCUT2D eigenvalue weighted by atomic mass is 10.2. The first-order valence-electron chi connectivity index (χ1n) is 6.92. The van der Waals surface area contributed by atoms with Crippen molar-refractivity contribution in [2.45, 2.75) is 0 Å². The number of hydrazone groups is 1. The topological polar surface area (TPSA) is 130 Å². The Morgan fingerprint density at radius 1 is 1.40 bits per heavy atom. The van der Waals surface area contributed by atoms with Crippen LogP contribution in [-0.4, -0.2) is 41.7 Å². The average molecular weight is 380 g/mol. The molecule has 1 aromatic carbocycles. The van der Waals surface area contributed by atoms with Crippen LogP contribution in [0.25, 0.3) is 0 Å². The maximum Gasteiger partial charge on any atom is 0.321 e. The zero-order valence-electron chi connectivity index (χ0n) is 12.6. The molecule has 1 aliphatic rings. The van der Waals surface area contributed by atoms with Crippen LogP contribution >= 0.6 is 23.6 Å². The van der Waals surface area contributed by atoms with Crippen molar-refractivity contribution in [1.82, 2.24) is 20.9 Å². The van der Waals surface area contributed by atoms with E-state index >= 15 is 0 Å². The van der Waals surface area contributed by atoms with Crippen LogP contribution in [0.5, 0.6) is 11.5 Å². The average Bonchev–Trinajstić information content (AvgIpc) is 3.21. The Bertz CT molecular complexity index is 877. The minimum absolute atomic E-state index is 0.188. The Hall–Kier alpha value is -2.99. The summed E-state index contributed by atoms with van der Waals surface area (Å²) in [4.78, 5) is 23.2. The third-order valence-electron chi connectivity index (χ3n) is 2.87. The smallest absolute Gasteiger partial charge is 0.321 e. The van der Waals surface area contributed by atoms with Crippen molar-refractivity contribution in [1.29, 1.82) is 0 Å². The zero-order valence-corrected chi connectivity index (χ0v) is 14.2. The van der Waals surface area contributed by atoms with Gasteiger partial charge in [0.05, 0.1) is 6.21 Å². The number of urea groups is 1. The van der Waals surface area contributed by atoms with Crippen LogP contribution in [0, 0.1) is 3.95 Å². The number of anilines is 1. The van der Waals surface area contributed by atoms with E-state index in [1.54, 1.807) is 18.2 Å². The molecule has 130 valence electrons. The van der Waals surface area contributed by atoms with E-state index in [1.165, 1.54) is 6.21 Å². The Morgan fingerprint density at radius 2 is 2.24 bits per heavy atom. The van der Waals surface area contributed by atoms with Gasteiger partial charge in [-0.1, -0.05) is 11.3 Å². The molecule has 3 rings (SSSR count). The molecule has 1 aliphatic heterocycles. The van der Waals surface area contributed by atoms with E-state index in [0.717, 1.165) is 16.9 Å². The third kappa shape index (κ3) is 4.74. The molecule has 12 heteroatoms. The molecule has 0 atom stereocenters. The van der Waals surface area contributed by atoms with Crippen LogP contribution in [0.1, 0.15) is 5.56 Å². The number of fused-ring (bicyclic) bond motifs is 1. The number of hydrogen-bond donors (Lipinski definition) is 4. The Kier molecular flexibility index (Phi) is 5.20. The number of ether oxygens (including phenoxy) is 2. The Morgan fingerprint density at radius 3 is 3.04 bits per heavy atom. The van der Waals surface area contributed by atoms with E-state index in [0.29, 0.717) is 20.6 Å². The number of rotatable bonds is 5. The third-order valence-corrected chi connectivity index (χ3v) is 3.87. The van der Waals surface area contributed by atoms with Gasteiger partial charge in [-0.15, -0.1) is 5.10 Å². The highest BCUT2D eigenvalue weighted by molar-refractivity contribution is 7.73. The van der Waals surface area contributed by atoms with E-state index < -0.39 is 11.9 Å². The first-order valence-corrected chi connectivity index (χ1v) is 8.14. The fraction of sp³-hybridized carbons (Fsp3) is 0.154. The van der Waals surface area contributed by atoms with Gasteiger partial charge in [0.15, 0.2) is 15.5 Å². The van der Waals surface area contributed by atoms with Crippen LogP contribution < -0.4 is 25.5 Å². The fourth-order valence-corrected chi connectivity index (χ4v) is 2.58. The number of aromatic amines is 1. The van der Waals surface area contributed by atoms with Gasteiger partial charge in [0.1, 0.15) is 6.54 Å². The SMILES string of the molecule is O=C(CNC(=O)Nc1n[nH]c(=S)s1)NN=Cc1ccc2c(c1)OCO2. The van der Waals surface area contributed by atoms with Crippen molar-refractivity contribution in [3.8, 4) is 11.5 Å². The molecule has 0 fully saturated rings. The normalized spacial score (nSPS) is 12.2. The summed E-state index contributed by atoms with van der Waals surface area (Å²) < 4.78 is 10.9. The van der Waals surface area contributed by atoms with Crippen molar-refractivity contribution in [2.24, 2.45) is 5.10 Å². The lowest BCUT2D eigenvalue weighted by molar-refractivity contribution is -0.120. The van der Waals surface area contributed by atoms with E-state index in [-0.39, 0.29) is 13.3 Å². The highest BCUT2D eigenvalue weighted by Crippen LogP contribution is 2.31. The molecule has 0 unspecified atom stereocenters. The van der Waals surface area contributed by atoms with Gasteiger partial charge in [0.2, 0.25) is 11.9 Å².